The lowest BCUT2D eigenvalue weighted by atomic mass is 10.2. The van der Waals surface area contributed by atoms with Crippen molar-refractivity contribution in [2.45, 2.75) is 0 Å². The van der Waals surface area contributed by atoms with Crippen molar-refractivity contribution in [3.05, 3.63) is 50.1 Å². The Morgan fingerprint density at radius 3 is 1.32 bits per heavy atom. The summed E-state index contributed by atoms with van der Waals surface area (Å²) in [6, 6.07) is 0. The molecule has 40 heavy (non-hydrogen) atoms. The molecule has 0 radical (unpaired) electrons. The van der Waals surface area contributed by atoms with Gasteiger partial charge in [-0.2, -0.15) is 0 Å². The number of nitrogens with one attached hydrogen (secondary N) is 2. The number of aromatic amines is 2. The van der Waals surface area contributed by atoms with Crippen molar-refractivity contribution in [1.29, 1.82) is 0 Å². The van der Waals surface area contributed by atoms with Crippen LogP contribution in [0.2, 0.25) is 0 Å². The normalized spacial score (nSPS) is 12.0. The van der Waals surface area contributed by atoms with Gasteiger partial charge in [0, 0.05) is 24.8 Å². The van der Waals surface area contributed by atoms with Crippen LogP contribution in [0.15, 0.2) is 50.1 Å². The number of hydrogen-bond acceptors (Lipinski definition) is 14. The summed E-state index contributed by atoms with van der Waals surface area (Å²) in [5, 5.41) is 1.28. The van der Waals surface area contributed by atoms with Gasteiger partial charge in [0.1, 0.15) is 59.0 Å². The molecule has 0 saturated heterocycles. The van der Waals surface area contributed by atoms with Crippen molar-refractivity contribution in [1.82, 2.24) is 79.7 Å². The highest BCUT2D eigenvalue weighted by Gasteiger charge is 2.24. The first-order chi connectivity index (χ1) is 19.8. The van der Waals surface area contributed by atoms with Crippen LogP contribution in [-0.4, -0.2) is 79.7 Å². The summed E-state index contributed by atoms with van der Waals surface area (Å²) in [6.07, 6.45) is 12.4. The van der Waals surface area contributed by atoms with E-state index in [1.54, 1.807) is 24.8 Å². The van der Waals surface area contributed by atoms with Crippen LogP contribution in [0.1, 0.15) is 0 Å². The van der Waals surface area contributed by atoms with E-state index in [-0.39, 0.29) is 0 Å². The number of rotatable bonds is 0. The fourth-order valence-corrected chi connectivity index (χ4v) is 4.72. The predicted molar refractivity (Wildman–Crippen MR) is 138 cm³/mol. The fourth-order valence-electron chi connectivity index (χ4n) is 4.72. The molecule has 0 aliphatic carbocycles. The first-order valence-corrected chi connectivity index (χ1v) is 11.8. The molecule has 2 aliphatic heterocycles. The highest BCUT2D eigenvalue weighted by molar-refractivity contribution is 6.03. The summed E-state index contributed by atoms with van der Waals surface area (Å²) < 4.78 is 0. The standard InChI is InChI=1S/C24H10N16/c1-9-13(29-5-25-1)21-33-17(9)37-22-14-10(2-26-6-30-14)19(34-22)39-24-16-12(4-28-8-32-16)20(36-24)40-23-15-11(3-27-7-31-15)18(35-23)38-21/h1-8H,(H2,33,34,35,36,37,38,39,40). The van der Waals surface area contributed by atoms with Gasteiger partial charge in [0.25, 0.3) is 0 Å². The molecule has 0 atom stereocenters. The Balaban J connectivity index is 1.51. The smallest absolute Gasteiger partial charge is 0.183 e. The molecule has 0 spiro atoms. The highest BCUT2D eigenvalue weighted by Crippen LogP contribution is 2.33. The van der Waals surface area contributed by atoms with Gasteiger partial charge in [-0.05, 0) is 0 Å². The molecular formula is C24H10N16. The molecule has 0 saturated carbocycles. The second kappa shape index (κ2) is 7.60. The molecule has 9 rings (SSSR count). The first kappa shape index (κ1) is 20.7. The van der Waals surface area contributed by atoms with Crippen LogP contribution in [0.25, 0.3) is 90.2 Å². The summed E-state index contributed by atoms with van der Waals surface area (Å²) in [6.45, 7) is 0. The van der Waals surface area contributed by atoms with Gasteiger partial charge in [0.15, 0.2) is 34.6 Å². The number of fused-ring (bicyclic) bond motifs is 20. The minimum Gasteiger partial charge on any atom is -0.322 e. The number of hydrogen-bond donors (Lipinski definition) is 2. The van der Waals surface area contributed by atoms with Crippen LogP contribution in [0.4, 0.5) is 0 Å². The van der Waals surface area contributed by atoms with E-state index >= 15 is 0 Å². The van der Waals surface area contributed by atoms with Gasteiger partial charge >= 0.3 is 0 Å². The van der Waals surface area contributed by atoms with Crippen molar-refractivity contribution in [2.75, 3.05) is 0 Å². The van der Waals surface area contributed by atoms with Gasteiger partial charge in [-0.25, -0.2) is 69.8 Å². The molecule has 0 amide bonds. The third kappa shape index (κ3) is 2.88. The summed E-state index contributed by atoms with van der Waals surface area (Å²) in [4.78, 5) is 69.5. The molecule has 16 heteroatoms. The van der Waals surface area contributed by atoms with Crippen LogP contribution >= 0.6 is 0 Å². The number of nitrogens with zero attached hydrogens (tertiary/aromatic N) is 14. The van der Waals surface area contributed by atoms with E-state index < -0.39 is 0 Å². The van der Waals surface area contributed by atoms with E-state index in [0.29, 0.717) is 90.2 Å². The third-order valence-corrected chi connectivity index (χ3v) is 6.48. The van der Waals surface area contributed by atoms with E-state index in [1.165, 1.54) is 25.3 Å². The summed E-state index contributed by atoms with van der Waals surface area (Å²) in [7, 11) is 0. The van der Waals surface area contributed by atoms with Crippen molar-refractivity contribution in [2.24, 2.45) is 0 Å². The zero-order valence-electron chi connectivity index (χ0n) is 19.9. The Morgan fingerprint density at radius 2 is 0.825 bits per heavy atom. The van der Waals surface area contributed by atoms with E-state index in [2.05, 4.69) is 49.8 Å². The van der Waals surface area contributed by atoms with Gasteiger partial charge in [-0.15, -0.1) is 0 Å². The SMILES string of the molecule is c1ncc2c(n1)-c1nc-2nc2[nH]c(nc3nc(nc4[nH]c(n1)c1cncnc41)-c1cncnc1-3)c1cncnc21. The average Bonchev–Trinajstić information content (AvgIpc) is 3.73. The van der Waals surface area contributed by atoms with E-state index in [9.17, 15) is 0 Å². The van der Waals surface area contributed by atoms with Gasteiger partial charge in [-0.1, -0.05) is 0 Å². The van der Waals surface area contributed by atoms with Gasteiger partial charge in [-0.3, -0.25) is 0 Å². The van der Waals surface area contributed by atoms with Crippen molar-refractivity contribution >= 4 is 44.4 Å². The lowest BCUT2D eigenvalue weighted by molar-refractivity contribution is 1.16. The lowest BCUT2D eigenvalue weighted by Crippen LogP contribution is -1.87. The predicted octanol–water partition coefficient (Wildman–Crippen LogP) is 2.03. The summed E-state index contributed by atoms with van der Waals surface area (Å²) in [5.74, 6) is 1.40. The monoisotopic (exact) mass is 522 g/mol. The largest absolute Gasteiger partial charge is 0.322 e. The molecule has 0 aromatic carbocycles. The van der Waals surface area contributed by atoms with Crippen molar-refractivity contribution in [3.8, 4) is 45.8 Å². The van der Waals surface area contributed by atoms with Crippen LogP contribution in [-0.2, 0) is 0 Å². The Morgan fingerprint density at radius 1 is 0.400 bits per heavy atom. The molecular weight excluding hydrogens is 512 g/mol. The zero-order valence-corrected chi connectivity index (χ0v) is 19.9. The Bertz CT molecular complexity index is 2040. The number of H-pyrrole nitrogens is 2. The van der Waals surface area contributed by atoms with Crippen LogP contribution in [0.5, 0.6) is 0 Å². The molecule has 0 unspecified atom stereocenters. The minimum atomic E-state index is 0.338. The Labute approximate surface area is 220 Å². The van der Waals surface area contributed by atoms with Gasteiger partial charge in [0.2, 0.25) is 0 Å². The maximum atomic E-state index is 4.79. The zero-order chi connectivity index (χ0) is 26.2. The van der Waals surface area contributed by atoms with E-state index in [4.69, 9.17) is 29.9 Å². The lowest BCUT2D eigenvalue weighted by Gasteiger charge is -1.94. The fraction of sp³-hybridized carbons (Fsp3) is 0. The topological polar surface area (TPSA) is 212 Å². The molecule has 9 heterocycles. The van der Waals surface area contributed by atoms with E-state index in [0.717, 1.165) is 0 Å². The second-order valence-electron chi connectivity index (χ2n) is 8.75. The highest BCUT2D eigenvalue weighted by atomic mass is 15.1. The maximum Gasteiger partial charge on any atom is 0.183 e. The molecule has 2 N–H and O–H groups in total. The summed E-state index contributed by atoms with van der Waals surface area (Å²) in [5.41, 5.74) is 5.13. The second-order valence-corrected chi connectivity index (χ2v) is 8.75. The van der Waals surface area contributed by atoms with Crippen LogP contribution < -0.4 is 0 Å². The van der Waals surface area contributed by atoms with Crippen LogP contribution in [0, 0.1) is 0 Å². The Kier molecular flexibility index (Phi) is 3.94. The van der Waals surface area contributed by atoms with Crippen molar-refractivity contribution < 1.29 is 0 Å². The molecule has 2 aliphatic rings. The van der Waals surface area contributed by atoms with Crippen molar-refractivity contribution in [3.63, 3.8) is 0 Å². The Hall–Kier alpha value is -6.32. The number of aromatic nitrogens is 16. The maximum absolute atomic E-state index is 4.79. The molecule has 0 fully saturated rings. The quantitative estimate of drug-likeness (QED) is 0.292. The molecule has 186 valence electrons. The molecule has 16 nitrogen and oxygen atoms in total. The van der Waals surface area contributed by atoms with E-state index in [1.807, 2.05) is 0 Å². The molecule has 7 aromatic heterocycles. The third-order valence-electron chi connectivity index (χ3n) is 6.48. The molecule has 7 aromatic rings. The first-order valence-electron chi connectivity index (χ1n) is 11.8. The van der Waals surface area contributed by atoms with Gasteiger partial charge < -0.3 is 9.97 Å². The minimum absolute atomic E-state index is 0.338. The summed E-state index contributed by atoms with van der Waals surface area (Å²) >= 11 is 0. The average molecular weight is 522 g/mol. The molecule has 8 bridgehead atoms. The van der Waals surface area contributed by atoms with Gasteiger partial charge in [0.05, 0.1) is 21.9 Å². The van der Waals surface area contributed by atoms with Crippen LogP contribution in [0.3, 0.4) is 0 Å².